The molecule has 0 saturated heterocycles. The molecule has 2 fully saturated rings. The third-order valence-electron chi connectivity index (χ3n) is 6.97. The lowest BCUT2D eigenvalue weighted by atomic mass is 9.76. The maximum absolute atomic E-state index is 9.74. The van der Waals surface area contributed by atoms with Gasteiger partial charge in [-0.25, -0.2) is 0 Å². The van der Waals surface area contributed by atoms with Crippen molar-refractivity contribution in [3.05, 3.63) is 41.5 Å². The first-order chi connectivity index (χ1) is 13.5. The molecule has 2 aromatic carbocycles. The number of rotatable bonds is 6. The summed E-state index contributed by atoms with van der Waals surface area (Å²) in [6.07, 6.45) is 12.1. The van der Waals surface area contributed by atoms with Crippen molar-refractivity contribution in [2.45, 2.75) is 70.6 Å². The monoisotopic (exact) mass is 378 g/mol. The van der Waals surface area contributed by atoms with Crippen molar-refractivity contribution in [3.8, 4) is 16.9 Å². The van der Waals surface area contributed by atoms with Crippen LogP contribution in [-0.2, 0) is 6.42 Å². The molecule has 2 aliphatic carbocycles. The molecule has 0 spiro atoms. The van der Waals surface area contributed by atoms with Crippen LogP contribution in [-0.4, -0.2) is 5.11 Å². The standard InChI is InChI=1S/C25H34N2O/c1-2-18-13-21(19-9-7-17(8-10-19)6-5-16-3-4-16)15-23(27)25(18)20-11-12-24(28)22(26)14-20/h11-17,19,28H,2-10,26-27H2,1H3. The summed E-state index contributed by atoms with van der Waals surface area (Å²) in [5, 5.41) is 9.74. The first-order valence-electron chi connectivity index (χ1n) is 11.1. The minimum Gasteiger partial charge on any atom is -0.506 e. The maximum Gasteiger partial charge on any atom is 0.138 e. The van der Waals surface area contributed by atoms with E-state index in [0.29, 0.717) is 11.6 Å². The van der Waals surface area contributed by atoms with Crippen LogP contribution in [0, 0.1) is 11.8 Å². The molecule has 0 bridgehead atoms. The van der Waals surface area contributed by atoms with Crippen LogP contribution in [0.1, 0.15) is 75.3 Å². The molecule has 5 N–H and O–H groups in total. The minimum absolute atomic E-state index is 0.121. The van der Waals surface area contributed by atoms with Crippen molar-refractivity contribution in [2.24, 2.45) is 11.8 Å². The van der Waals surface area contributed by atoms with Crippen LogP contribution in [0.5, 0.6) is 5.75 Å². The van der Waals surface area contributed by atoms with Crippen molar-refractivity contribution in [2.75, 3.05) is 11.5 Å². The van der Waals surface area contributed by atoms with Crippen LogP contribution in [0.3, 0.4) is 0 Å². The van der Waals surface area contributed by atoms with E-state index >= 15 is 0 Å². The Hall–Kier alpha value is -2.16. The van der Waals surface area contributed by atoms with Crippen molar-refractivity contribution < 1.29 is 5.11 Å². The summed E-state index contributed by atoms with van der Waals surface area (Å²) in [6.45, 7) is 2.18. The number of aromatic hydroxyl groups is 1. The van der Waals surface area contributed by atoms with Crippen LogP contribution in [0.15, 0.2) is 30.3 Å². The van der Waals surface area contributed by atoms with Crippen LogP contribution in [0.25, 0.3) is 11.1 Å². The molecule has 0 aromatic heterocycles. The van der Waals surface area contributed by atoms with Crippen LogP contribution < -0.4 is 11.5 Å². The molecule has 0 aliphatic heterocycles. The van der Waals surface area contributed by atoms with Gasteiger partial charge in [0.05, 0.1) is 5.69 Å². The molecular weight excluding hydrogens is 344 g/mol. The van der Waals surface area contributed by atoms with Crippen LogP contribution in [0.2, 0.25) is 0 Å². The Labute approximate surface area is 169 Å². The third-order valence-corrected chi connectivity index (χ3v) is 6.97. The van der Waals surface area contributed by atoms with E-state index in [1.807, 2.05) is 12.1 Å². The number of phenols is 1. The van der Waals surface area contributed by atoms with Gasteiger partial charge in [0.15, 0.2) is 0 Å². The van der Waals surface area contributed by atoms with Gasteiger partial charge in [0.2, 0.25) is 0 Å². The molecule has 2 aromatic rings. The van der Waals surface area contributed by atoms with Gasteiger partial charge in [0, 0.05) is 11.3 Å². The average molecular weight is 379 g/mol. The Balaban J connectivity index is 1.51. The van der Waals surface area contributed by atoms with Gasteiger partial charge >= 0.3 is 0 Å². The number of phenolic OH excluding ortho intramolecular Hbond substituents is 1. The number of hydrogen-bond acceptors (Lipinski definition) is 3. The minimum atomic E-state index is 0.121. The highest BCUT2D eigenvalue weighted by Gasteiger charge is 2.26. The van der Waals surface area contributed by atoms with Gasteiger partial charge in [-0.05, 0) is 84.7 Å². The summed E-state index contributed by atoms with van der Waals surface area (Å²) in [7, 11) is 0. The van der Waals surface area contributed by atoms with E-state index in [4.69, 9.17) is 11.5 Å². The van der Waals surface area contributed by atoms with E-state index < -0.39 is 0 Å². The molecule has 0 unspecified atom stereocenters. The zero-order valence-electron chi connectivity index (χ0n) is 17.1. The molecule has 28 heavy (non-hydrogen) atoms. The van der Waals surface area contributed by atoms with Crippen molar-refractivity contribution >= 4 is 11.4 Å². The number of anilines is 2. The summed E-state index contributed by atoms with van der Waals surface area (Å²) in [6, 6.07) is 9.93. The summed E-state index contributed by atoms with van der Waals surface area (Å²) in [4.78, 5) is 0. The number of nitrogen functional groups attached to an aromatic ring is 2. The summed E-state index contributed by atoms with van der Waals surface area (Å²) < 4.78 is 0. The molecule has 0 atom stereocenters. The SMILES string of the molecule is CCc1cc(C2CCC(CCC3CC3)CC2)cc(N)c1-c1ccc(O)c(N)c1. The van der Waals surface area contributed by atoms with Gasteiger partial charge in [0.1, 0.15) is 5.75 Å². The fourth-order valence-corrected chi connectivity index (χ4v) is 4.99. The van der Waals surface area contributed by atoms with Crippen LogP contribution >= 0.6 is 0 Å². The summed E-state index contributed by atoms with van der Waals surface area (Å²) >= 11 is 0. The molecule has 2 saturated carbocycles. The average Bonchev–Trinajstić information content (AvgIpc) is 3.53. The topological polar surface area (TPSA) is 72.3 Å². The first kappa shape index (κ1) is 19.2. The molecule has 0 amide bonds. The predicted molar refractivity (Wildman–Crippen MR) is 118 cm³/mol. The Bertz CT molecular complexity index is 833. The predicted octanol–water partition coefficient (Wildman–Crippen LogP) is 6.25. The van der Waals surface area contributed by atoms with E-state index in [0.717, 1.165) is 35.1 Å². The van der Waals surface area contributed by atoms with Crippen molar-refractivity contribution in [3.63, 3.8) is 0 Å². The Morgan fingerprint density at radius 3 is 2.07 bits per heavy atom. The second kappa shape index (κ2) is 8.06. The lowest BCUT2D eigenvalue weighted by molar-refractivity contribution is 0.301. The first-order valence-corrected chi connectivity index (χ1v) is 11.1. The van der Waals surface area contributed by atoms with Gasteiger partial charge in [-0.15, -0.1) is 0 Å². The van der Waals surface area contributed by atoms with E-state index in [1.165, 1.54) is 62.5 Å². The molecule has 150 valence electrons. The third kappa shape index (κ3) is 4.14. The van der Waals surface area contributed by atoms with Crippen molar-refractivity contribution in [1.29, 1.82) is 0 Å². The highest BCUT2D eigenvalue weighted by Crippen LogP contribution is 2.43. The Morgan fingerprint density at radius 2 is 1.50 bits per heavy atom. The Kier molecular flexibility index (Phi) is 5.52. The number of aryl methyl sites for hydroxylation is 1. The van der Waals surface area contributed by atoms with E-state index in [1.54, 1.807) is 6.07 Å². The molecule has 0 heterocycles. The van der Waals surface area contributed by atoms with Gasteiger partial charge in [-0.2, -0.15) is 0 Å². The highest BCUT2D eigenvalue weighted by molar-refractivity contribution is 5.82. The highest BCUT2D eigenvalue weighted by atomic mass is 16.3. The van der Waals surface area contributed by atoms with Gasteiger partial charge in [-0.1, -0.05) is 44.7 Å². The van der Waals surface area contributed by atoms with Crippen LogP contribution in [0.4, 0.5) is 11.4 Å². The zero-order valence-corrected chi connectivity index (χ0v) is 17.1. The quantitative estimate of drug-likeness (QED) is 0.411. The molecule has 3 heteroatoms. The molecule has 3 nitrogen and oxygen atoms in total. The molecule has 2 aliphatic rings. The Morgan fingerprint density at radius 1 is 0.857 bits per heavy atom. The summed E-state index contributed by atoms with van der Waals surface area (Å²) in [5.74, 6) is 2.77. The summed E-state index contributed by atoms with van der Waals surface area (Å²) in [5.41, 5.74) is 18.4. The normalized spacial score (nSPS) is 22.3. The van der Waals surface area contributed by atoms with Crippen molar-refractivity contribution in [1.82, 2.24) is 0 Å². The second-order valence-electron chi connectivity index (χ2n) is 9.01. The number of hydrogen-bond donors (Lipinski definition) is 3. The zero-order chi connectivity index (χ0) is 19.7. The van der Waals surface area contributed by atoms with Gasteiger partial charge in [0.25, 0.3) is 0 Å². The maximum atomic E-state index is 9.74. The second-order valence-corrected chi connectivity index (χ2v) is 9.01. The fraction of sp³-hybridized carbons (Fsp3) is 0.520. The lowest BCUT2D eigenvalue weighted by Crippen LogP contribution is -2.14. The molecular formula is C25H34N2O. The molecule has 0 radical (unpaired) electrons. The largest absolute Gasteiger partial charge is 0.506 e. The lowest BCUT2D eigenvalue weighted by Gasteiger charge is -2.30. The van der Waals surface area contributed by atoms with E-state index in [-0.39, 0.29) is 5.75 Å². The fourth-order valence-electron chi connectivity index (χ4n) is 4.99. The van der Waals surface area contributed by atoms with E-state index in [2.05, 4.69) is 19.1 Å². The van der Waals surface area contributed by atoms with Gasteiger partial charge in [-0.3, -0.25) is 0 Å². The number of benzene rings is 2. The molecule has 4 rings (SSSR count). The van der Waals surface area contributed by atoms with E-state index in [9.17, 15) is 5.11 Å². The smallest absolute Gasteiger partial charge is 0.138 e. The van der Waals surface area contributed by atoms with Gasteiger partial charge < -0.3 is 16.6 Å². The number of nitrogens with two attached hydrogens (primary N) is 2.